The molecule has 9 nitrogen and oxygen atoms in total. The molecule has 0 unspecified atom stereocenters. The number of nitrogens with zero attached hydrogens (tertiary/aromatic N) is 3. The van der Waals surface area contributed by atoms with E-state index in [2.05, 4.69) is 20.8 Å². The number of carbonyl (C=O) groups excluding carboxylic acids is 2. The smallest absolute Gasteiger partial charge is 0.258 e. The number of thioether (sulfide) groups is 1. The van der Waals surface area contributed by atoms with E-state index < -0.39 is 0 Å². The van der Waals surface area contributed by atoms with Gasteiger partial charge in [0.2, 0.25) is 5.91 Å². The minimum absolute atomic E-state index is 0.124. The van der Waals surface area contributed by atoms with Gasteiger partial charge in [-0.05, 0) is 67.6 Å². The molecule has 0 spiro atoms. The molecule has 0 radical (unpaired) electrons. The zero-order valence-corrected chi connectivity index (χ0v) is 22.2. The highest BCUT2D eigenvalue weighted by atomic mass is 35.5. The fourth-order valence-electron chi connectivity index (χ4n) is 3.38. The highest BCUT2D eigenvalue weighted by Gasteiger charge is 2.17. The van der Waals surface area contributed by atoms with Gasteiger partial charge in [0.1, 0.15) is 11.5 Å². The molecule has 11 heteroatoms. The van der Waals surface area contributed by atoms with Gasteiger partial charge in [-0.25, -0.2) is 0 Å². The number of para-hydroxylation sites is 1. The van der Waals surface area contributed by atoms with E-state index in [1.165, 1.54) is 11.8 Å². The van der Waals surface area contributed by atoms with Gasteiger partial charge >= 0.3 is 0 Å². The number of nitrogens with one attached hydrogen (secondary N) is 2. The molecule has 2 N–H and O–H groups in total. The average Bonchev–Trinajstić information content (AvgIpc) is 3.35. The Morgan fingerprint density at radius 1 is 0.895 bits per heavy atom. The Balaban J connectivity index is 1.37. The maximum absolute atomic E-state index is 12.6. The summed E-state index contributed by atoms with van der Waals surface area (Å²) in [6.07, 6.45) is 0. The number of aromatic nitrogens is 3. The molecule has 0 aliphatic heterocycles. The third-order valence-electron chi connectivity index (χ3n) is 5.12. The van der Waals surface area contributed by atoms with Gasteiger partial charge in [0.05, 0.1) is 18.9 Å². The summed E-state index contributed by atoms with van der Waals surface area (Å²) in [6.45, 7) is 2.46. The highest BCUT2D eigenvalue weighted by molar-refractivity contribution is 7.99. The van der Waals surface area contributed by atoms with E-state index in [9.17, 15) is 9.59 Å². The van der Waals surface area contributed by atoms with Crippen molar-refractivity contribution in [2.75, 3.05) is 24.3 Å². The third kappa shape index (κ3) is 7.74. The molecule has 1 heterocycles. The SMILES string of the molecule is CCOc1ccc(NC(=O)CSc2nnc(CNC(=O)COc3ccc(Cl)cc3)n2-c2ccccc2)cc1. The van der Waals surface area contributed by atoms with Gasteiger partial charge in [-0.15, -0.1) is 10.2 Å². The predicted molar refractivity (Wildman–Crippen MR) is 147 cm³/mol. The lowest BCUT2D eigenvalue weighted by atomic mass is 10.3. The van der Waals surface area contributed by atoms with Crippen molar-refractivity contribution < 1.29 is 19.1 Å². The number of benzene rings is 3. The van der Waals surface area contributed by atoms with Crippen LogP contribution in [0.5, 0.6) is 11.5 Å². The van der Waals surface area contributed by atoms with E-state index in [1.54, 1.807) is 48.5 Å². The number of hydrogen-bond acceptors (Lipinski definition) is 7. The number of hydrogen-bond donors (Lipinski definition) is 2. The first-order valence-corrected chi connectivity index (χ1v) is 13.2. The average molecular weight is 552 g/mol. The minimum atomic E-state index is -0.313. The van der Waals surface area contributed by atoms with Crippen LogP contribution in [-0.2, 0) is 16.1 Å². The number of rotatable bonds is 12. The third-order valence-corrected chi connectivity index (χ3v) is 6.30. The Bertz CT molecular complexity index is 1350. The van der Waals surface area contributed by atoms with Crippen LogP contribution in [0.1, 0.15) is 12.7 Å². The molecule has 0 atom stereocenters. The fraction of sp³-hybridized carbons (Fsp3) is 0.185. The first kappa shape index (κ1) is 27.0. The van der Waals surface area contributed by atoms with Crippen LogP contribution in [0, 0.1) is 0 Å². The van der Waals surface area contributed by atoms with Crippen molar-refractivity contribution in [1.82, 2.24) is 20.1 Å². The number of ether oxygens (including phenoxy) is 2. The van der Waals surface area contributed by atoms with E-state index in [-0.39, 0.29) is 30.7 Å². The van der Waals surface area contributed by atoms with Crippen molar-refractivity contribution >= 4 is 40.9 Å². The quantitative estimate of drug-likeness (QED) is 0.245. The largest absolute Gasteiger partial charge is 0.494 e. The molecule has 2 amide bonds. The van der Waals surface area contributed by atoms with Crippen LogP contribution in [-0.4, -0.2) is 45.5 Å². The maximum atomic E-state index is 12.6. The second-order valence-electron chi connectivity index (χ2n) is 7.88. The van der Waals surface area contributed by atoms with Crippen molar-refractivity contribution in [3.63, 3.8) is 0 Å². The van der Waals surface area contributed by atoms with E-state index in [4.69, 9.17) is 21.1 Å². The number of carbonyl (C=O) groups is 2. The van der Waals surface area contributed by atoms with E-state index in [0.717, 1.165) is 11.4 Å². The van der Waals surface area contributed by atoms with Crippen LogP contribution in [0.3, 0.4) is 0 Å². The van der Waals surface area contributed by atoms with Gasteiger partial charge in [-0.1, -0.05) is 41.6 Å². The predicted octanol–water partition coefficient (Wildman–Crippen LogP) is 4.75. The summed E-state index contributed by atoms with van der Waals surface area (Å²) in [5.41, 5.74) is 1.49. The summed E-state index contributed by atoms with van der Waals surface area (Å²) in [4.78, 5) is 24.9. The van der Waals surface area contributed by atoms with Crippen LogP contribution < -0.4 is 20.1 Å². The van der Waals surface area contributed by atoms with Gasteiger partial charge < -0.3 is 20.1 Å². The highest BCUT2D eigenvalue weighted by Crippen LogP contribution is 2.23. The van der Waals surface area contributed by atoms with E-state index in [1.807, 2.05) is 41.8 Å². The lowest BCUT2D eigenvalue weighted by Gasteiger charge is -2.11. The van der Waals surface area contributed by atoms with E-state index in [0.29, 0.717) is 34.0 Å². The molecule has 196 valence electrons. The van der Waals surface area contributed by atoms with Crippen molar-refractivity contribution in [1.29, 1.82) is 0 Å². The van der Waals surface area contributed by atoms with Gasteiger partial charge in [-0.2, -0.15) is 0 Å². The molecule has 0 saturated carbocycles. The molecule has 3 aromatic carbocycles. The van der Waals surface area contributed by atoms with Gasteiger partial charge in [0.15, 0.2) is 17.6 Å². The van der Waals surface area contributed by atoms with Gasteiger partial charge in [-0.3, -0.25) is 14.2 Å². The topological polar surface area (TPSA) is 107 Å². The summed E-state index contributed by atoms with van der Waals surface area (Å²) < 4.78 is 12.7. The van der Waals surface area contributed by atoms with Crippen molar-refractivity contribution in [3.8, 4) is 17.2 Å². The minimum Gasteiger partial charge on any atom is -0.494 e. The Hall–Kier alpha value is -4.02. The molecule has 0 aliphatic rings. The zero-order chi connectivity index (χ0) is 26.7. The van der Waals surface area contributed by atoms with Crippen LogP contribution in [0.15, 0.2) is 84.0 Å². The summed E-state index contributed by atoms with van der Waals surface area (Å²) in [5, 5.41) is 15.3. The Morgan fingerprint density at radius 2 is 1.58 bits per heavy atom. The normalized spacial score (nSPS) is 10.6. The Kier molecular flexibility index (Phi) is 9.60. The first-order chi connectivity index (χ1) is 18.5. The molecule has 1 aromatic heterocycles. The van der Waals surface area contributed by atoms with Crippen molar-refractivity contribution in [2.24, 2.45) is 0 Å². The molecule has 4 aromatic rings. The second-order valence-corrected chi connectivity index (χ2v) is 9.26. The molecule has 0 saturated heterocycles. The summed E-state index contributed by atoms with van der Waals surface area (Å²) in [7, 11) is 0. The van der Waals surface area contributed by atoms with E-state index >= 15 is 0 Å². The molecule has 0 bridgehead atoms. The first-order valence-electron chi connectivity index (χ1n) is 11.8. The summed E-state index contributed by atoms with van der Waals surface area (Å²) >= 11 is 7.12. The van der Waals surface area contributed by atoms with Gasteiger partial charge in [0, 0.05) is 16.4 Å². The summed E-state index contributed by atoms with van der Waals surface area (Å²) in [6, 6.07) is 23.5. The van der Waals surface area contributed by atoms with Crippen LogP contribution in [0.4, 0.5) is 5.69 Å². The monoisotopic (exact) mass is 551 g/mol. The zero-order valence-electron chi connectivity index (χ0n) is 20.6. The lowest BCUT2D eigenvalue weighted by molar-refractivity contribution is -0.123. The molecule has 0 fully saturated rings. The Morgan fingerprint density at radius 3 is 2.29 bits per heavy atom. The standard InChI is InChI=1S/C27H26ClN5O4S/c1-2-36-22-14-10-20(11-15-22)30-26(35)18-38-27-32-31-24(33(27)21-6-4-3-5-7-21)16-29-25(34)17-37-23-12-8-19(28)9-13-23/h3-15H,2,16-18H2,1H3,(H,29,34)(H,30,35). The Labute approximate surface area is 229 Å². The number of anilines is 1. The molecular weight excluding hydrogens is 526 g/mol. The number of amides is 2. The van der Waals surface area contributed by atoms with Crippen molar-refractivity contribution in [3.05, 3.63) is 89.7 Å². The summed E-state index contributed by atoms with van der Waals surface area (Å²) in [5.74, 6) is 1.43. The van der Waals surface area contributed by atoms with Gasteiger partial charge in [0.25, 0.3) is 5.91 Å². The van der Waals surface area contributed by atoms with Crippen LogP contribution in [0.25, 0.3) is 5.69 Å². The molecular formula is C27H26ClN5O4S. The molecule has 0 aliphatic carbocycles. The lowest BCUT2D eigenvalue weighted by Crippen LogP contribution is -2.29. The van der Waals surface area contributed by atoms with Crippen LogP contribution >= 0.6 is 23.4 Å². The number of halogens is 1. The van der Waals surface area contributed by atoms with Crippen molar-refractivity contribution in [2.45, 2.75) is 18.6 Å². The second kappa shape index (κ2) is 13.5. The molecule has 38 heavy (non-hydrogen) atoms. The molecule has 4 rings (SSSR count). The van der Waals surface area contributed by atoms with Crippen LogP contribution in [0.2, 0.25) is 5.02 Å². The fourth-order valence-corrected chi connectivity index (χ4v) is 4.28. The maximum Gasteiger partial charge on any atom is 0.258 e.